The van der Waals surface area contributed by atoms with E-state index in [1.165, 1.54) is 12.1 Å². The van der Waals surface area contributed by atoms with Crippen LogP contribution in [0, 0.1) is 5.82 Å². The highest BCUT2D eigenvalue weighted by Crippen LogP contribution is 2.34. The molecule has 0 aromatic heterocycles. The van der Waals surface area contributed by atoms with E-state index >= 15 is 0 Å². The highest BCUT2D eigenvalue weighted by molar-refractivity contribution is 5.77. The largest absolute Gasteiger partial charge is 0.481 e. The highest BCUT2D eigenvalue weighted by atomic mass is 19.1. The van der Waals surface area contributed by atoms with Crippen molar-refractivity contribution in [2.45, 2.75) is 18.8 Å². The van der Waals surface area contributed by atoms with Gasteiger partial charge < -0.3 is 5.11 Å². The molecule has 0 bridgehead atoms. The number of hydrogen-bond acceptors (Lipinski definition) is 1. The van der Waals surface area contributed by atoms with Crippen LogP contribution in [0.4, 0.5) is 4.39 Å². The van der Waals surface area contributed by atoms with Crippen LogP contribution in [0.1, 0.15) is 29.9 Å². The lowest BCUT2D eigenvalue weighted by molar-refractivity contribution is -0.139. The van der Waals surface area contributed by atoms with Gasteiger partial charge in [0.25, 0.3) is 0 Å². The van der Waals surface area contributed by atoms with Gasteiger partial charge in [-0.3, -0.25) is 4.79 Å². The maximum atomic E-state index is 13.8. The van der Waals surface area contributed by atoms with Crippen molar-refractivity contribution in [1.29, 1.82) is 0 Å². The first-order valence-corrected chi connectivity index (χ1v) is 6.13. The third-order valence-corrected chi connectivity index (χ3v) is 3.33. The third kappa shape index (κ3) is 2.81. The van der Waals surface area contributed by atoms with Crippen LogP contribution in [0.15, 0.2) is 54.6 Å². The lowest BCUT2D eigenvalue weighted by atomic mass is 9.82. The van der Waals surface area contributed by atoms with E-state index in [2.05, 4.69) is 0 Å². The number of aliphatic carboxylic acids is 1. The molecule has 0 fully saturated rings. The monoisotopic (exact) mass is 258 g/mol. The minimum absolute atomic E-state index is 0.228. The minimum Gasteiger partial charge on any atom is -0.481 e. The van der Waals surface area contributed by atoms with E-state index in [9.17, 15) is 14.3 Å². The van der Waals surface area contributed by atoms with Gasteiger partial charge in [-0.1, -0.05) is 55.5 Å². The first kappa shape index (κ1) is 13.3. The molecule has 0 spiro atoms. The summed E-state index contributed by atoms with van der Waals surface area (Å²) in [6, 6.07) is 15.4. The van der Waals surface area contributed by atoms with Crippen molar-refractivity contribution in [3.05, 3.63) is 71.5 Å². The van der Waals surface area contributed by atoms with Crippen molar-refractivity contribution in [1.82, 2.24) is 0 Å². The summed E-state index contributed by atoms with van der Waals surface area (Å²) in [5.74, 6) is -2.67. The topological polar surface area (TPSA) is 37.3 Å². The number of carbonyl (C=O) groups is 1. The van der Waals surface area contributed by atoms with Gasteiger partial charge in [0.15, 0.2) is 0 Å². The van der Waals surface area contributed by atoms with E-state index in [1.807, 2.05) is 30.3 Å². The molecule has 0 aliphatic rings. The fraction of sp³-hybridized carbons (Fsp3) is 0.188. The van der Waals surface area contributed by atoms with Crippen molar-refractivity contribution in [3.8, 4) is 0 Å². The Morgan fingerprint density at radius 2 is 1.63 bits per heavy atom. The Hall–Kier alpha value is -2.16. The molecule has 0 heterocycles. The van der Waals surface area contributed by atoms with Gasteiger partial charge in [-0.05, 0) is 17.5 Å². The summed E-state index contributed by atoms with van der Waals surface area (Å²) in [5, 5.41) is 9.42. The zero-order valence-electron chi connectivity index (χ0n) is 10.6. The second-order valence-electron chi connectivity index (χ2n) is 4.54. The van der Waals surface area contributed by atoms with Crippen LogP contribution in [0.2, 0.25) is 0 Å². The summed E-state index contributed by atoms with van der Waals surface area (Å²) in [6.45, 7) is 1.81. The zero-order chi connectivity index (χ0) is 13.8. The Bertz CT molecular complexity index is 566. The molecule has 2 atom stereocenters. The minimum atomic E-state index is -1.01. The van der Waals surface area contributed by atoms with E-state index in [0.717, 1.165) is 5.56 Å². The molecule has 19 heavy (non-hydrogen) atoms. The number of carboxylic acids is 1. The average molecular weight is 258 g/mol. The molecule has 0 saturated carbocycles. The van der Waals surface area contributed by atoms with Gasteiger partial charge in [-0.15, -0.1) is 0 Å². The molecule has 0 aliphatic carbocycles. The summed E-state index contributed by atoms with van der Waals surface area (Å²) < 4.78 is 13.8. The van der Waals surface area contributed by atoms with Gasteiger partial charge in [0.1, 0.15) is 5.82 Å². The van der Waals surface area contributed by atoms with Crippen molar-refractivity contribution < 1.29 is 14.3 Å². The molecule has 0 radical (unpaired) electrons. The summed E-state index contributed by atoms with van der Waals surface area (Å²) in [5.41, 5.74) is 1.12. The molecule has 0 saturated heterocycles. The first-order valence-electron chi connectivity index (χ1n) is 6.13. The summed E-state index contributed by atoms with van der Waals surface area (Å²) in [7, 11) is 0. The van der Waals surface area contributed by atoms with Crippen LogP contribution >= 0.6 is 0 Å². The number of carboxylic acid groups (broad SMARTS) is 1. The van der Waals surface area contributed by atoms with Gasteiger partial charge in [0, 0.05) is 5.56 Å². The maximum Gasteiger partial charge on any atom is 0.311 e. The zero-order valence-corrected chi connectivity index (χ0v) is 10.6. The molecular formula is C16H15FO2. The Balaban J connectivity index is 2.42. The van der Waals surface area contributed by atoms with Gasteiger partial charge >= 0.3 is 5.97 Å². The Morgan fingerprint density at radius 1 is 1.05 bits per heavy atom. The number of benzene rings is 2. The van der Waals surface area contributed by atoms with Gasteiger partial charge in [0.2, 0.25) is 0 Å². The second-order valence-corrected chi connectivity index (χ2v) is 4.54. The quantitative estimate of drug-likeness (QED) is 0.905. The summed E-state index contributed by atoms with van der Waals surface area (Å²) in [6.07, 6.45) is 0. The van der Waals surface area contributed by atoms with E-state index in [0.29, 0.717) is 0 Å². The smallest absolute Gasteiger partial charge is 0.311 e. The molecule has 0 amide bonds. The third-order valence-electron chi connectivity index (χ3n) is 3.33. The van der Waals surface area contributed by atoms with Crippen LogP contribution in [0.3, 0.4) is 0 Å². The van der Waals surface area contributed by atoms with E-state index in [4.69, 9.17) is 0 Å². The molecular weight excluding hydrogens is 243 g/mol. The van der Waals surface area contributed by atoms with Crippen LogP contribution in [-0.4, -0.2) is 11.1 Å². The highest BCUT2D eigenvalue weighted by Gasteiger charge is 2.29. The lowest BCUT2D eigenvalue weighted by Crippen LogP contribution is -2.19. The predicted octanol–water partition coefficient (Wildman–Crippen LogP) is 3.80. The normalized spacial score (nSPS) is 13.8. The SMILES string of the molecule is CC(c1ccccc1)C(C(=O)O)c1ccccc1F. The van der Waals surface area contributed by atoms with Gasteiger partial charge in [0.05, 0.1) is 5.92 Å². The molecule has 3 heteroatoms. The molecule has 2 nitrogen and oxygen atoms in total. The number of halogens is 1. The standard InChI is InChI=1S/C16H15FO2/c1-11(12-7-3-2-4-8-12)15(16(18)19)13-9-5-6-10-14(13)17/h2-11,15H,1H3,(H,18,19). The summed E-state index contributed by atoms with van der Waals surface area (Å²) in [4.78, 5) is 11.5. The van der Waals surface area contributed by atoms with Gasteiger partial charge in [-0.2, -0.15) is 0 Å². The Labute approximate surface area is 111 Å². The fourth-order valence-electron chi connectivity index (χ4n) is 2.29. The van der Waals surface area contributed by atoms with Crippen molar-refractivity contribution >= 4 is 5.97 Å². The molecule has 2 aromatic carbocycles. The van der Waals surface area contributed by atoms with Crippen LogP contribution in [-0.2, 0) is 4.79 Å². The van der Waals surface area contributed by atoms with Crippen molar-refractivity contribution in [2.75, 3.05) is 0 Å². The average Bonchev–Trinajstić information content (AvgIpc) is 2.42. The Morgan fingerprint density at radius 3 is 2.21 bits per heavy atom. The molecule has 2 rings (SSSR count). The lowest BCUT2D eigenvalue weighted by Gasteiger charge is -2.21. The maximum absolute atomic E-state index is 13.8. The van der Waals surface area contributed by atoms with Crippen molar-refractivity contribution in [2.24, 2.45) is 0 Å². The fourth-order valence-corrected chi connectivity index (χ4v) is 2.29. The number of rotatable bonds is 4. The molecule has 2 aromatic rings. The summed E-state index contributed by atoms with van der Waals surface area (Å²) >= 11 is 0. The molecule has 98 valence electrons. The second kappa shape index (κ2) is 5.65. The van der Waals surface area contributed by atoms with Crippen LogP contribution < -0.4 is 0 Å². The molecule has 2 unspecified atom stereocenters. The Kier molecular flexibility index (Phi) is 3.95. The first-order chi connectivity index (χ1) is 9.11. The van der Waals surface area contributed by atoms with E-state index in [1.54, 1.807) is 19.1 Å². The number of hydrogen-bond donors (Lipinski definition) is 1. The molecule has 0 aliphatic heterocycles. The predicted molar refractivity (Wildman–Crippen MR) is 71.6 cm³/mol. The van der Waals surface area contributed by atoms with Crippen LogP contribution in [0.25, 0.3) is 0 Å². The molecule has 1 N–H and O–H groups in total. The van der Waals surface area contributed by atoms with Crippen LogP contribution in [0.5, 0.6) is 0 Å². The van der Waals surface area contributed by atoms with Gasteiger partial charge in [-0.25, -0.2) is 4.39 Å². The van der Waals surface area contributed by atoms with E-state index in [-0.39, 0.29) is 11.5 Å². The van der Waals surface area contributed by atoms with Crippen molar-refractivity contribution in [3.63, 3.8) is 0 Å². The van der Waals surface area contributed by atoms with E-state index < -0.39 is 17.7 Å².